The van der Waals surface area contributed by atoms with Crippen LogP contribution in [0, 0.1) is 0 Å². The molecule has 0 bridgehead atoms. The average Bonchev–Trinajstić information content (AvgIpc) is 2.03. The van der Waals surface area contributed by atoms with E-state index in [1.807, 2.05) is 6.92 Å². The zero-order chi connectivity index (χ0) is 7.23. The molecule has 0 aliphatic heterocycles. The summed E-state index contributed by atoms with van der Waals surface area (Å²) < 4.78 is 0. The van der Waals surface area contributed by atoms with Crippen LogP contribution >= 0.6 is 0 Å². The standard InChI is InChI=1S/C6H8N4/c1-2-9-10-6-7-4-3-5-8-6/h2-5H,1H3,(H,7,8,10)/b9-2+. The maximum Gasteiger partial charge on any atom is 0.243 e. The first-order valence-corrected chi connectivity index (χ1v) is 2.94. The van der Waals surface area contributed by atoms with E-state index in [4.69, 9.17) is 0 Å². The molecule has 0 fully saturated rings. The molecule has 0 radical (unpaired) electrons. The van der Waals surface area contributed by atoms with Gasteiger partial charge in [-0.2, -0.15) is 5.10 Å². The Morgan fingerprint density at radius 2 is 2.20 bits per heavy atom. The van der Waals surface area contributed by atoms with E-state index in [-0.39, 0.29) is 0 Å². The summed E-state index contributed by atoms with van der Waals surface area (Å²) in [5.41, 5.74) is 2.64. The van der Waals surface area contributed by atoms with Crippen LogP contribution in [0.3, 0.4) is 0 Å². The molecule has 10 heavy (non-hydrogen) atoms. The number of nitrogens with zero attached hydrogens (tertiary/aromatic N) is 3. The quantitative estimate of drug-likeness (QED) is 0.485. The Morgan fingerprint density at radius 1 is 1.50 bits per heavy atom. The lowest BCUT2D eigenvalue weighted by molar-refractivity contribution is 1.12. The second-order valence-electron chi connectivity index (χ2n) is 1.57. The number of hydrogen-bond donors (Lipinski definition) is 1. The Morgan fingerprint density at radius 3 is 2.80 bits per heavy atom. The lowest BCUT2D eigenvalue weighted by Crippen LogP contribution is -1.93. The van der Waals surface area contributed by atoms with Gasteiger partial charge in [0.2, 0.25) is 5.95 Å². The number of hydrazone groups is 1. The van der Waals surface area contributed by atoms with Gasteiger partial charge in [0.15, 0.2) is 0 Å². The van der Waals surface area contributed by atoms with Crippen LogP contribution in [0.5, 0.6) is 0 Å². The van der Waals surface area contributed by atoms with Crippen LogP contribution < -0.4 is 5.43 Å². The fourth-order valence-electron chi connectivity index (χ4n) is 0.479. The molecule has 4 heteroatoms. The van der Waals surface area contributed by atoms with E-state index in [1.165, 1.54) is 0 Å². The Kier molecular flexibility index (Phi) is 2.37. The van der Waals surface area contributed by atoms with Crippen LogP contribution in [-0.2, 0) is 0 Å². The highest BCUT2D eigenvalue weighted by Gasteiger charge is 1.85. The first-order valence-electron chi connectivity index (χ1n) is 2.94. The summed E-state index contributed by atoms with van der Waals surface area (Å²) in [5.74, 6) is 0.514. The molecule has 0 amide bonds. The van der Waals surface area contributed by atoms with E-state index < -0.39 is 0 Å². The Bertz CT molecular complexity index is 206. The molecule has 0 spiro atoms. The summed E-state index contributed by atoms with van der Waals surface area (Å²) >= 11 is 0. The van der Waals surface area contributed by atoms with Gasteiger partial charge in [-0.15, -0.1) is 0 Å². The highest BCUT2D eigenvalue weighted by molar-refractivity contribution is 5.54. The van der Waals surface area contributed by atoms with Gasteiger partial charge in [-0.3, -0.25) is 0 Å². The molecule has 1 aromatic rings. The molecule has 1 rings (SSSR count). The van der Waals surface area contributed by atoms with Crippen LogP contribution in [0.1, 0.15) is 6.92 Å². The van der Waals surface area contributed by atoms with E-state index in [0.29, 0.717) is 5.95 Å². The van der Waals surface area contributed by atoms with Gasteiger partial charge in [0.05, 0.1) is 0 Å². The minimum Gasteiger partial charge on any atom is -0.246 e. The topological polar surface area (TPSA) is 50.2 Å². The Hall–Kier alpha value is -1.45. The molecule has 0 aliphatic carbocycles. The van der Waals surface area contributed by atoms with Gasteiger partial charge >= 0.3 is 0 Å². The zero-order valence-electron chi connectivity index (χ0n) is 5.65. The van der Waals surface area contributed by atoms with Gasteiger partial charge in [0.25, 0.3) is 0 Å². The molecule has 0 unspecified atom stereocenters. The molecule has 0 aliphatic rings. The molecule has 0 aromatic carbocycles. The normalized spacial score (nSPS) is 10.1. The zero-order valence-corrected chi connectivity index (χ0v) is 5.65. The van der Waals surface area contributed by atoms with Crippen molar-refractivity contribution in [3.8, 4) is 0 Å². The summed E-state index contributed by atoms with van der Waals surface area (Å²) in [6, 6.07) is 1.75. The van der Waals surface area contributed by atoms with Crippen LogP contribution in [0.25, 0.3) is 0 Å². The highest BCUT2D eigenvalue weighted by atomic mass is 15.3. The van der Waals surface area contributed by atoms with Crippen molar-refractivity contribution in [3.63, 3.8) is 0 Å². The molecule has 1 N–H and O–H groups in total. The predicted octanol–water partition coefficient (Wildman–Crippen LogP) is 0.894. The van der Waals surface area contributed by atoms with Crippen molar-refractivity contribution >= 4 is 12.2 Å². The number of rotatable bonds is 2. The molecule has 0 saturated carbocycles. The third-order valence-corrected chi connectivity index (χ3v) is 0.859. The van der Waals surface area contributed by atoms with E-state index in [9.17, 15) is 0 Å². The summed E-state index contributed by atoms with van der Waals surface area (Å²) in [7, 11) is 0. The van der Waals surface area contributed by atoms with Crippen molar-refractivity contribution in [2.75, 3.05) is 5.43 Å². The predicted molar refractivity (Wildman–Crippen MR) is 39.8 cm³/mol. The van der Waals surface area contributed by atoms with Crippen molar-refractivity contribution in [1.82, 2.24) is 9.97 Å². The van der Waals surface area contributed by atoms with Gasteiger partial charge < -0.3 is 0 Å². The monoisotopic (exact) mass is 136 g/mol. The molecule has 4 nitrogen and oxygen atoms in total. The van der Waals surface area contributed by atoms with Crippen molar-refractivity contribution in [3.05, 3.63) is 18.5 Å². The molecule has 0 saturated heterocycles. The van der Waals surface area contributed by atoms with Gasteiger partial charge in [-0.05, 0) is 13.0 Å². The second kappa shape index (κ2) is 3.55. The third kappa shape index (κ3) is 1.81. The van der Waals surface area contributed by atoms with Crippen LogP contribution in [-0.4, -0.2) is 16.2 Å². The third-order valence-electron chi connectivity index (χ3n) is 0.859. The maximum atomic E-state index is 3.88. The summed E-state index contributed by atoms with van der Waals surface area (Å²) in [6.07, 6.45) is 4.94. The maximum absolute atomic E-state index is 3.88. The van der Waals surface area contributed by atoms with Crippen molar-refractivity contribution in [1.29, 1.82) is 0 Å². The molecule has 52 valence electrons. The minimum absolute atomic E-state index is 0.514. The molecule has 1 aromatic heterocycles. The largest absolute Gasteiger partial charge is 0.246 e. The molecule has 1 heterocycles. The van der Waals surface area contributed by atoms with Crippen LogP contribution in [0.4, 0.5) is 5.95 Å². The highest BCUT2D eigenvalue weighted by Crippen LogP contribution is 1.91. The van der Waals surface area contributed by atoms with Gasteiger partial charge in [-0.1, -0.05) is 0 Å². The minimum atomic E-state index is 0.514. The molecule has 0 atom stereocenters. The number of aromatic nitrogens is 2. The number of anilines is 1. The van der Waals surface area contributed by atoms with Gasteiger partial charge in [0, 0.05) is 18.6 Å². The lowest BCUT2D eigenvalue weighted by atomic mass is 10.7. The van der Waals surface area contributed by atoms with E-state index >= 15 is 0 Å². The first kappa shape index (κ1) is 6.67. The Balaban J connectivity index is 2.59. The average molecular weight is 136 g/mol. The number of nitrogens with one attached hydrogen (secondary N) is 1. The van der Waals surface area contributed by atoms with Crippen molar-refractivity contribution < 1.29 is 0 Å². The Labute approximate surface area is 59.0 Å². The first-order chi connectivity index (χ1) is 4.93. The van der Waals surface area contributed by atoms with E-state index in [2.05, 4.69) is 20.5 Å². The smallest absolute Gasteiger partial charge is 0.243 e. The fraction of sp³-hybridized carbons (Fsp3) is 0.167. The van der Waals surface area contributed by atoms with Crippen LogP contribution in [0.15, 0.2) is 23.6 Å². The molecular formula is C6H8N4. The number of hydrogen-bond acceptors (Lipinski definition) is 4. The lowest BCUT2D eigenvalue weighted by Gasteiger charge is -1.93. The molecular weight excluding hydrogens is 128 g/mol. The van der Waals surface area contributed by atoms with Crippen LogP contribution in [0.2, 0.25) is 0 Å². The van der Waals surface area contributed by atoms with E-state index in [0.717, 1.165) is 0 Å². The second-order valence-corrected chi connectivity index (χ2v) is 1.57. The van der Waals surface area contributed by atoms with Crippen molar-refractivity contribution in [2.24, 2.45) is 5.10 Å². The van der Waals surface area contributed by atoms with E-state index in [1.54, 1.807) is 24.7 Å². The van der Waals surface area contributed by atoms with Crippen molar-refractivity contribution in [2.45, 2.75) is 6.92 Å². The van der Waals surface area contributed by atoms with Gasteiger partial charge in [-0.25, -0.2) is 15.4 Å². The fourth-order valence-corrected chi connectivity index (χ4v) is 0.479. The SMILES string of the molecule is C/C=N/Nc1ncccn1. The summed E-state index contributed by atoms with van der Waals surface area (Å²) in [6.45, 7) is 1.82. The summed E-state index contributed by atoms with van der Waals surface area (Å²) in [5, 5.41) is 3.74. The summed E-state index contributed by atoms with van der Waals surface area (Å²) in [4.78, 5) is 7.76. The van der Waals surface area contributed by atoms with Gasteiger partial charge in [0.1, 0.15) is 0 Å².